The van der Waals surface area contributed by atoms with Crippen LogP contribution >= 0.6 is 0 Å². The van der Waals surface area contributed by atoms with Crippen molar-refractivity contribution >= 4 is 5.91 Å². The maximum Gasteiger partial charge on any atom is 0.222 e. The molecule has 326 valence electrons. The summed E-state index contributed by atoms with van der Waals surface area (Å²) in [5.41, 5.74) is 0. The van der Waals surface area contributed by atoms with E-state index in [-0.39, 0.29) is 18.9 Å². The monoisotopic (exact) mass is 776 g/mol. The fraction of sp³-hybridized carbons (Fsp3) is 0.900. The molecule has 0 spiro atoms. The second-order valence-electron chi connectivity index (χ2n) is 17.1. The molecule has 0 aromatic rings. The average molecular weight is 776 g/mol. The number of aliphatic hydroxyl groups is 3. The molecule has 0 aromatic carbocycles. The van der Waals surface area contributed by atoms with Gasteiger partial charge >= 0.3 is 0 Å². The van der Waals surface area contributed by atoms with E-state index < -0.39 is 18.2 Å². The van der Waals surface area contributed by atoms with E-state index in [4.69, 9.17) is 0 Å². The number of hydrogen-bond donors (Lipinski definition) is 4. The Bertz CT molecular complexity index is 814. The second kappa shape index (κ2) is 45.5. The maximum atomic E-state index is 12.5. The van der Waals surface area contributed by atoms with Crippen LogP contribution in [0.3, 0.4) is 0 Å². The van der Waals surface area contributed by atoms with Gasteiger partial charge in [-0.2, -0.15) is 0 Å². The maximum absolute atomic E-state index is 12.5. The standard InChI is InChI=1S/C50H97NO4/c1-3-5-7-9-11-13-15-17-19-21-22-23-24-25-26-27-28-30-32-34-36-38-40-42-44-49(54)48(46-52)51-50(55)45-47(53)43-41-39-37-35-33-31-29-20-18-16-14-12-10-8-6-4-2/h34,36,42,44,47-49,52-54H,3-33,35,37-41,43,45-46H2,1-2H3,(H,51,55)/b36-34+,44-42+. The number of unbranched alkanes of at least 4 members (excludes halogenated alkanes) is 34. The minimum absolute atomic E-state index is 0.00987. The van der Waals surface area contributed by atoms with E-state index in [1.165, 1.54) is 205 Å². The number of rotatable bonds is 45. The number of nitrogens with one attached hydrogen (secondary N) is 1. The molecule has 0 aliphatic carbocycles. The fourth-order valence-electron chi connectivity index (χ4n) is 7.71. The lowest BCUT2D eigenvalue weighted by molar-refractivity contribution is -0.124. The number of aliphatic hydroxyl groups excluding tert-OH is 3. The molecule has 0 saturated carbocycles. The van der Waals surface area contributed by atoms with Crippen LogP contribution in [0.25, 0.3) is 0 Å². The normalized spacial score (nSPS) is 13.6. The lowest BCUT2D eigenvalue weighted by Crippen LogP contribution is -2.45. The Labute approximate surface area is 343 Å². The van der Waals surface area contributed by atoms with Crippen molar-refractivity contribution in [2.24, 2.45) is 0 Å². The van der Waals surface area contributed by atoms with Crippen LogP contribution in [0.2, 0.25) is 0 Å². The van der Waals surface area contributed by atoms with Crippen molar-refractivity contribution in [1.29, 1.82) is 0 Å². The van der Waals surface area contributed by atoms with Crippen molar-refractivity contribution in [2.45, 2.75) is 283 Å². The third kappa shape index (κ3) is 42.3. The van der Waals surface area contributed by atoms with Gasteiger partial charge in [-0.1, -0.05) is 250 Å². The molecule has 0 aliphatic rings. The third-order valence-electron chi connectivity index (χ3n) is 11.5. The second-order valence-corrected chi connectivity index (χ2v) is 17.1. The van der Waals surface area contributed by atoms with Gasteiger partial charge in [-0.25, -0.2) is 0 Å². The van der Waals surface area contributed by atoms with Gasteiger partial charge in [-0.05, 0) is 32.1 Å². The van der Waals surface area contributed by atoms with Gasteiger partial charge in [-0.3, -0.25) is 4.79 Å². The van der Waals surface area contributed by atoms with Gasteiger partial charge in [0.25, 0.3) is 0 Å². The SMILES string of the molecule is CCCCCCCCCCCCCCCCCCCC/C=C/CC/C=C/C(O)C(CO)NC(=O)CC(O)CCCCCCCCCCCCCCCCCC. The highest BCUT2D eigenvalue weighted by atomic mass is 16.3. The fourth-order valence-corrected chi connectivity index (χ4v) is 7.71. The molecule has 0 aromatic heterocycles. The first kappa shape index (κ1) is 53.8. The molecule has 1 amide bonds. The van der Waals surface area contributed by atoms with Crippen molar-refractivity contribution in [2.75, 3.05) is 6.61 Å². The first-order valence-corrected chi connectivity index (χ1v) is 24.6. The molecule has 0 radical (unpaired) electrons. The van der Waals surface area contributed by atoms with Gasteiger partial charge in [-0.15, -0.1) is 0 Å². The molecule has 55 heavy (non-hydrogen) atoms. The Morgan fingerprint density at radius 2 is 0.782 bits per heavy atom. The number of carbonyl (C=O) groups excluding carboxylic acids is 1. The molecule has 3 atom stereocenters. The summed E-state index contributed by atoms with van der Waals surface area (Å²) in [5, 5.41) is 33.3. The topological polar surface area (TPSA) is 89.8 Å². The van der Waals surface area contributed by atoms with Crippen LogP contribution in [-0.4, -0.2) is 46.1 Å². The largest absolute Gasteiger partial charge is 0.394 e. The van der Waals surface area contributed by atoms with E-state index in [9.17, 15) is 20.1 Å². The Hall–Kier alpha value is -1.17. The van der Waals surface area contributed by atoms with Crippen LogP contribution in [0, 0.1) is 0 Å². The van der Waals surface area contributed by atoms with E-state index in [0.29, 0.717) is 6.42 Å². The lowest BCUT2D eigenvalue weighted by atomic mass is 10.0. The Balaban J connectivity index is 3.64. The summed E-state index contributed by atoms with van der Waals surface area (Å²) in [5.74, 6) is -0.321. The van der Waals surface area contributed by atoms with E-state index >= 15 is 0 Å². The summed E-state index contributed by atoms with van der Waals surface area (Å²) in [6, 6.07) is -0.758. The molecule has 4 N–H and O–H groups in total. The molecule has 0 heterocycles. The highest BCUT2D eigenvalue weighted by Gasteiger charge is 2.20. The molecule has 0 fully saturated rings. The van der Waals surface area contributed by atoms with Gasteiger partial charge in [0.15, 0.2) is 0 Å². The van der Waals surface area contributed by atoms with E-state index in [1.807, 2.05) is 6.08 Å². The molecular weight excluding hydrogens is 679 g/mol. The Morgan fingerprint density at radius 1 is 0.455 bits per heavy atom. The van der Waals surface area contributed by atoms with Crippen LogP contribution in [-0.2, 0) is 4.79 Å². The van der Waals surface area contributed by atoms with Crippen molar-refractivity contribution in [3.63, 3.8) is 0 Å². The van der Waals surface area contributed by atoms with Gasteiger partial charge in [0.05, 0.1) is 31.3 Å². The van der Waals surface area contributed by atoms with Gasteiger partial charge in [0.1, 0.15) is 0 Å². The van der Waals surface area contributed by atoms with Crippen molar-refractivity contribution in [3.8, 4) is 0 Å². The molecule has 0 rings (SSSR count). The molecule has 0 saturated heterocycles. The molecule has 5 nitrogen and oxygen atoms in total. The molecule has 3 unspecified atom stereocenters. The first-order chi connectivity index (χ1) is 27.0. The lowest BCUT2D eigenvalue weighted by Gasteiger charge is -2.21. The van der Waals surface area contributed by atoms with E-state index in [2.05, 4.69) is 31.3 Å². The molecule has 0 aliphatic heterocycles. The van der Waals surface area contributed by atoms with Crippen LogP contribution in [0.4, 0.5) is 0 Å². The predicted molar refractivity (Wildman–Crippen MR) is 241 cm³/mol. The average Bonchev–Trinajstić information content (AvgIpc) is 3.18. The van der Waals surface area contributed by atoms with Crippen molar-refractivity contribution in [3.05, 3.63) is 24.3 Å². The van der Waals surface area contributed by atoms with Crippen LogP contribution in [0.5, 0.6) is 0 Å². The highest BCUT2D eigenvalue weighted by Crippen LogP contribution is 2.17. The minimum Gasteiger partial charge on any atom is -0.394 e. The van der Waals surface area contributed by atoms with Crippen molar-refractivity contribution < 1.29 is 20.1 Å². The van der Waals surface area contributed by atoms with Gasteiger partial charge < -0.3 is 20.6 Å². The smallest absolute Gasteiger partial charge is 0.222 e. The van der Waals surface area contributed by atoms with Crippen LogP contribution in [0.1, 0.15) is 264 Å². The Kier molecular flexibility index (Phi) is 44.6. The summed E-state index contributed by atoms with van der Waals surface area (Å²) in [4.78, 5) is 12.5. The number of allylic oxidation sites excluding steroid dienone is 3. The minimum atomic E-state index is -0.949. The number of carbonyl (C=O) groups is 1. The zero-order chi connectivity index (χ0) is 40.1. The molecule has 0 bridgehead atoms. The zero-order valence-electron chi connectivity index (χ0n) is 37.1. The summed E-state index contributed by atoms with van der Waals surface area (Å²) >= 11 is 0. The highest BCUT2D eigenvalue weighted by molar-refractivity contribution is 5.76. The van der Waals surface area contributed by atoms with Crippen molar-refractivity contribution in [1.82, 2.24) is 5.32 Å². The van der Waals surface area contributed by atoms with Crippen LogP contribution in [0.15, 0.2) is 24.3 Å². The summed E-state index contributed by atoms with van der Waals surface area (Å²) < 4.78 is 0. The molecule has 5 heteroatoms. The number of hydrogen-bond acceptors (Lipinski definition) is 4. The first-order valence-electron chi connectivity index (χ1n) is 24.6. The summed E-state index contributed by atoms with van der Waals surface area (Å²) in [6.07, 6.45) is 56.3. The predicted octanol–water partition coefficient (Wildman–Crippen LogP) is 14.6. The third-order valence-corrected chi connectivity index (χ3v) is 11.5. The van der Waals surface area contributed by atoms with Crippen LogP contribution < -0.4 is 5.32 Å². The summed E-state index contributed by atoms with van der Waals surface area (Å²) in [6.45, 7) is 4.22. The summed E-state index contributed by atoms with van der Waals surface area (Å²) in [7, 11) is 0. The quantitative estimate of drug-likeness (QED) is 0.0366. The Morgan fingerprint density at radius 3 is 1.16 bits per heavy atom. The molecular formula is C50H97NO4. The van der Waals surface area contributed by atoms with E-state index in [0.717, 1.165) is 32.1 Å². The van der Waals surface area contributed by atoms with Gasteiger partial charge in [0, 0.05) is 0 Å². The number of amides is 1. The van der Waals surface area contributed by atoms with Gasteiger partial charge in [0.2, 0.25) is 5.91 Å². The zero-order valence-corrected chi connectivity index (χ0v) is 37.1. The van der Waals surface area contributed by atoms with E-state index in [1.54, 1.807) is 6.08 Å².